The zero-order valence-corrected chi connectivity index (χ0v) is 16.5. The van der Waals surface area contributed by atoms with Crippen LogP contribution in [0.2, 0.25) is 0 Å². The predicted octanol–water partition coefficient (Wildman–Crippen LogP) is 2.08. The number of amides is 1. The smallest absolute Gasteiger partial charge is 0.273 e. The number of carbonyl (C=O) groups is 1. The van der Waals surface area contributed by atoms with Crippen molar-refractivity contribution in [1.82, 2.24) is 25.6 Å². The summed E-state index contributed by atoms with van der Waals surface area (Å²) in [6.45, 7) is 10.3. The Hall–Kier alpha value is -2.41. The monoisotopic (exact) mass is 370 g/mol. The molecule has 0 spiro atoms. The lowest BCUT2D eigenvalue weighted by molar-refractivity contribution is 0.0949. The van der Waals surface area contributed by atoms with Gasteiger partial charge in [0.2, 0.25) is 0 Å². The van der Waals surface area contributed by atoms with E-state index >= 15 is 0 Å². The molecule has 2 N–H and O–H groups in total. The minimum absolute atomic E-state index is 0.145. The summed E-state index contributed by atoms with van der Waals surface area (Å²) < 4.78 is 1.92. The normalized spacial score (nSPS) is 14.9. The molecule has 1 aliphatic rings. The summed E-state index contributed by atoms with van der Waals surface area (Å²) in [5.41, 5.74) is 3.71. The van der Waals surface area contributed by atoms with E-state index in [1.165, 1.54) is 11.3 Å². The SMILES string of the molecule is CCN(CCNC(=O)c1nnn(C2CCNCC2)c1C)c1cccc(C)c1. The molecule has 146 valence electrons. The van der Waals surface area contributed by atoms with Crippen LogP contribution in [-0.2, 0) is 0 Å². The molecule has 3 rings (SSSR count). The molecular formula is C20H30N6O. The van der Waals surface area contributed by atoms with E-state index in [0.29, 0.717) is 18.3 Å². The van der Waals surface area contributed by atoms with E-state index < -0.39 is 0 Å². The summed E-state index contributed by atoms with van der Waals surface area (Å²) >= 11 is 0. The third kappa shape index (κ3) is 4.66. The van der Waals surface area contributed by atoms with E-state index in [1.807, 2.05) is 11.6 Å². The average molecular weight is 371 g/mol. The van der Waals surface area contributed by atoms with E-state index in [1.54, 1.807) is 0 Å². The summed E-state index contributed by atoms with van der Waals surface area (Å²) in [7, 11) is 0. The maximum Gasteiger partial charge on any atom is 0.273 e. The van der Waals surface area contributed by atoms with Crippen LogP contribution in [0.25, 0.3) is 0 Å². The van der Waals surface area contributed by atoms with Crippen molar-refractivity contribution in [2.24, 2.45) is 0 Å². The first kappa shape index (κ1) is 19.4. The molecule has 0 atom stereocenters. The summed E-state index contributed by atoms with van der Waals surface area (Å²) in [6.07, 6.45) is 2.04. The van der Waals surface area contributed by atoms with Crippen molar-refractivity contribution in [3.05, 3.63) is 41.2 Å². The topological polar surface area (TPSA) is 75.1 Å². The van der Waals surface area contributed by atoms with Gasteiger partial charge in [-0.1, -0.05) is 17.3 Å². The van der Waals surface area contributed by atoms with Crippen molar-refractivity contribution in [2.45, 2.75) is 39.7 Å². The molecule has 1 fully saturated rings. The Balaban J connectivity index is 1.57. The molecule has 0 bridgehead atoms. The van der Waals surface area contributed by atoms with Crippen molar-refractivity contribution in [1.29, 1.82) is 0 Å². The number of aryl methyl sites for hydroxylation is 1. The molecular weight excluding hydrogens is 340 g/mol. The first-order valence-electron chi connectivity index (χ1n) is 9.82. The van der Waals surface area contributed by atoms with Gasteiger partial charge in [-0.25, -0.2) is 4.68 Å². The maximum atomic E-state index is 12.6. The lowest BCUT2D eigenvalue weighted by Gasteiger charge is -2.24. The minimum atomic E-state index is -0.145. The maximum absolute atomic E-state index is 12.6. The molecule has 2 aromatic rings. The van der Waals surface area contributed by atoms with Crippen LogP contribution in [0.4, 0.5) is 5.69 Å². The number of anilines is 1. The van der Waals surface area contributed by atoms with Crippen LogP contribution in [0.5, 0.6) is 0 Å². The first-order valence-corrected chi connectivity index (χ1v) is 9.82. The Labute approximate surface area is 161 Å². The Morgan fingerprint density at radius 2 is 2.11 bits per heavy atom. The van der Waals surface area contributed by atoms with E-state index in [2.05, 4.69) is 64.0 Å². The molecule has 0 aliphatic carbocycles. The highest BCUT2D eigenvalue weighted by Crippen LogP contribution is 2.20. The molecule has 1 aromatic carbocycles. The second-order valence-corrected chi connectivity index (χ2v) is 7.12. The number of benzene rings is 1. The second-order valence-electron chi connectivity index (χ2n) is 7.12. The van der Waals surface area contributed by atoms with Gasteiger partial charge in [0.25, 0.3) is 5.91 Å². The average Bonchev–Trinajstić information content (AvgIpc) is 3.07. The van der Waals surface area contributed by atoms with Crippen molar-refractivity contribution in [2.75, 3.05) is 37.6 Å². The number of nitrogens with one attached hydrogen (secondary N) is 2. The zero-order valence-electron chi connectivity index (χ0n) is 16.5. The van der Waals surface area contributed by atoms with Crippen molar-refractivity contribution in [3.8, 4) is 0 Å². The number of piperidine rings is 1. The van der Waals surface area contributed by atoms with Gasteiger partial charge in [-0.05, 0) is 64.4 Å². The highest BCUT2D eigenvalue weighted by atomic mass is 16.2. The van der Waals surface area contributed by atoms with E-state index in [-0.39, 0.29) is 5.91 Å². The summed E-state index contributed by atoms with van der Waals surface area (Å²) in [6, 6.07) is 8.76. The lowest BCUT2D eigenvalue weighted by atomic mass is 10.1. The number of aromatic nitrogens is 3. The van der Waals surface area contributed by atoms with Crippen LogP contribution in [0.15, 0.2) is 24.3 Å². The Morgan fingerprint density at radius 3 is 2.81 bits per heavy atom. The van der Waals surface area contributed by atoms with Crippen LogP contribution in [0.3, 0.4) is 0 Å². The molecule has 7 nitrogen and oxygen atoms in total. The second kappa shape index (κ2) is 8.99. The fraction of sp³-hybridized carbons (Fsp3) is 0.550. The molecule has 1 aliphatic heterocycles. The summed E-state index contributed by atoms with van der Waals surface area (Å²) in [5, 5.41) is 14.7. The number of likely N-dealkylation sites (N-methyl/N-ethyl adjacent to an activating group) is 1. The van der Waals surface area contributed by atoms with Crippen LogP contribution in [0, 0.1) is 13.8 Å². The van der Waals surface area contributed by atoms with Crippen LogP contribution in [0.1, 0.15) is 47.6 Å². The predicted molar refractivity (Wildman–Crippen MR) is 107 cm³/mol. The third-order valence-corrected chi connectivity index (χ3v) is 5.21. The Morgan fingerprint density at radius 1 is 1.33 bits per heavy atom. The fourth-order valence-corrected chi connectivity index (χ4v) is 3.63. The number of hydrogen-bond donors (Lipinski definition) is 2. The van der Waals surface area contributed by atoms with Gasteiger partial charge in [0.15, 0.2) is 5.69 Å². The molecule has 1 amide bonds. The van der Waals surface area contributed by atoms with Gasteiger partial charge in [0.1, 0.15) is 0 Å². The van der Waals surface area contributed by atoms with Crippen molar-refractivity contribution >= 4 is 11.6 Å². The Kier molecular flexibility index (Phi) is 6.45. The minimum Gasteiger partial charge on any atom is -0.370 e. The van der Waals surface area contributed by atoms with Crippen molar-refractivity contribution in [3.63, 3.8) is 0 Å². The third-order valence-electron chi connectivity index (χ3n) is 5.21. The number of nitrogens with zero attached hydrogens (tertiary/aromatic N) is 4. The highest BCUT2D eigenvalue weighted by Gasteiger charge is 2.22. The fourth-order valence-electron chi connectivity index (χ4n) is 3.63. The molecule has 0 radical (unpaired) electrons. The van der Waals surface area contributed by atoms with Gasteiger partial charge >= 0.3 is 0 Å². The van der Waals surface area contributed by atoms with Crippen LogP contribution in [-0.4, -0.2) is 53.6 Å². The van der Waals surface area contributed by atoms with Gasteiger partial charge in [-0.2, -0.15) is 0 Å². The highest BCUT2D eigenvalue weighted by molar-refractivity contribution is 5.93. The van der Waals surface area contributed by atoms with E-state index in [4.69, 9.17) is 0 Å². The van der Waals surface area contributed by atoms with Crippen LogP contribution < -0.4 is 15.5 Å². The van der Waals surface area contributed by atoms with Crippen molar-refractivity contribution < 1.29 is 4.79 Å². The quantitative estimate of drug-likeness (QED) is 0.780. The number of hydrogen-bond acceptors (Lipinski definition) is 5. The lowest BCUT2D eigenvalue weighted by Crippen LogP contribution is -2.35. The molecule has 7 heteroatoms. The molecule has 27 heavy (non-hydrogen) atoms. The zero-order chi connectivity index (χ0) is 19.2. The molecule has 0 unspecified atom stereocenters. The molecule has 0 saturated carbocycles. The van der Waals surface area contributed by atoms with E-state index in [9.17, 15) is 4.79 Å². The summed E-state index contributed by atoms with van der Waals surface area (Å²) in [5.74, 6) is -0.145. The van der Waals surface area contributed by atoms with Gasteiger partial charge in [-0.15, -0.1) is 5.10 Å². The largest absolute Gasteiger partial charge is 0.370 e. The number of carbonyl (C=O) groups excluding carboxylic acids is 1. The molecule has 1 aromatic heterocycles. The Bertz CT molecular complexity index is 766. The van der Waals surface area contributed by atoms with Gasteiger partial charge < -0.3 is 15.5 Å². The number of rotatable bonds is 7. The van der Waals surface area contributed by atoms with E-state index in [0.717, 1.165) is 44.7 Å². The van der Waals surface area contributed by atoms with Crippen LogP contribution >= 0.6 is 0 Å². The first-order chi connectivity index (χ1) is 13.1. The van der Waals surface area contributed by atoms with Gasteiger partial charge in [-0.3, -0.25) is 4.79 Å². The van der Waals surface area contributed by atoms with Gasteiger partial charge in [0.05, 0.1) is 11.7 Å². The summed E-state index contributed by atoms with van der Waals surface area (Å²) in [4.78, 5) is 14.8. The van der Waals surface area contributed by atoms with Gasteiger partial charge in [0, 0.05) is 25.3 Å². The molecule has 1 saturated heterocycles. The molecule has 2 heterocycles. The standard InChI is InChI=1S/C20H30N6O/c1-4-25(18-7-5-6-15(2)14-18)13-12-22-20(27)19-16(3)26(24-23-19)17-8-10-21-11-9-17/h5-7,14,17,21H,4,8-13H2,1-3H3,(H,22,27).